The van der Waals surface area contributed by atoms with Gasteiger partial charge in [0.25, 0.3) is 0 Å². The van der Waals surface area contributed by atoms with Crippen molar-refractivity contribution >= 4 is 11.3 Å². The Labute approximate surface area is 71.7 Å². The lowest BCUT2D eigenvalue weighted by Crippen LogP contribution is -2.21. The van der Waals surface area contributed by atoms with Gasteiger partial charge in [0, 0.05) is 11.6 Å². The van der Waals surface area contributed by atoms with E-state index < -0.39 is 0 Å². The molecule has 3 heteroatoms. The van der Waals surface area contributed by atoms with E-state index in [9.17, 15) is 0 Å². The Bertz CT molecular complexity index is 118. The van der Waals surface area contributed by atoms with Gasteiger partial charge < -0.3 is 5.32 Å². The molecule has 1 aromatic heterocycles. The number of aromatic nitrogens is 1. The van der Waals surface area contributed by atoms with Crippen LogP contribution in [0.3, 0.4) is 0 Å². The second-order valence-electron chi connectivity index (χ2n) is 2.49. The number of nitrogens with zero attached hydrogens (tertiary/aromatic N) is 1. The van der Waals surface area contributed by atoms with Gasteiger partial charge in [-0.2, -0.15) is 0 Å². The molecule has 0 unspecified atom stereocenters. The fourth-order valence-corrected chi connectivity index (χ4v) is 1.33. The number of hydrogen-bond donors (Lipinski definition) is 1. The minimum absolute atomic E-state index is 1.25. The van der Waals surface area contributed by atoms with Gasteiger partial charge in [-0.15, -0.1) is 11.3 Å². The van der Waals surface area contributed by atoms with Crippen LogP contribution in [-0.4, -0.2) is 18.1 Å². The van der Waals surface area contributed by atoms with E-state index in [0.29, 0.717) is 0 Å². The largest absolute Gasteiger partial charge is 0.317 e. The van der Waals surface area contributed by atoms with E-state index in [1.165, 1.54) is 32.4 Å². The predicted octanol–water partition coefficient (Wildman–Crippen LogP) is 1.90. The first-order valence-corrected chi connectivity index (χ1v) is 4.97. The van der Waals surface area contributed by atoms with Crippen molar-refractivity contribution in [3.8, 4) is 0 Å². The van der Waals surface area contributed by atoms with Crippen LogP contribution in [0.5, 0.6) is 0 Å². The maximum absolute atomic E-state index is 3.74. The van der Waals surface area contributed by atoms with Crippen LogP contribution in [0, 0.1) is 0 Å². The highest BCUT2D eigenvalue weighted by Crippen LogP contribution is 1.96. The third kappa shape index (κ3) is 4.93. The minimum atomic E-state index is 1.25. The van der Waals surface area contributed by atoms with E-state index in [1.807, 2.05) is 5.38 Å². The van der Waals surface area contributed by atoms with Crippen LogP contribution in [-0.2, 0) is 0 Å². The van der Waals surface area contributed by atoms with Gasteiger partial charge in [-0.25, -0.2) is 0 Å². The third-order valence-electron chi connectivity index (χ3n) is 1.55. The van der Waals surface area contributed by atoms with Crippen molar-refractivity contribution in [1.82, 2.24) is 10.3 Å². The van der Waals surface area contributed by atoms with Gasteiger partial charge in [0.2, 0.25) is 0 Å². The van der Waals surface area contributed by atoms with Crippen LogP contribution in [0.2, 0.25) is 0 Å². The van der Waals surface area contributed by atoms with Crippen molar-refractivity contribution in [1.29, 1.82) is 0 Å². The summed E-state index contributed by atoms with van der Waals surface area (Å²) in [4.78, 5) is 3.74. The Balaban J connectivity index is 0.000000112. The smallest absolute Gasteiger partial charge is 0.0791 e. The lowest BCUT2D eigenvalue weighted by atomic mass is 10.2. The third-order valence-corrected chi connectivity index (χ3v) is 2.08. The Morgan fingerprint density at radius 2 is 2.00 bits per heavy atom. The molecular weight excluding hydrogens is 156 g/mol. The van der Waals surface area contributed by atoms with Crippen molar-refractivity contribution in [2.24, 2.45) is 0 Å². The van der Waals surface area contributed by atoms with Crippen LogP contribution in [0.25, 0.3) is 0 Å². The van der Waals surface area contributed by atoms with Gasteiger partial charge >= 0.3 is 0 Å². The molecule has 2 nitrogen and oxygen atoms in total. The Hall–Kier alpha value is -0.410. The maximum atomic E-state index is 3.74. The van der Waals surface area contributed by atoms with Crippen LogP contribution in [0.1, 0.15) is 19.3 Å². The topological polar surface area (TPSA) is 24.9 Å². The summed E-state index contributed by atoms with van der Waals surface area (Å²) in [6.45, 7) is 2.50. The summed E-state index contributed by atoms with van der Waals surface area (Å²) in [5, 5.41) is 5.22. The fraction of sp³-hybridized carbons (Fsp3) is 0.625. The number of thiazole rings is 1. The number of nitrogens with one attached hydrogen (secondary N) is 1. The Kier molecular flexibility index (Phi) is 4.98. The molecular formula is C8H14N2S. The normalized spacial score (nSPS) is 16.7. The van der Waals surface area contributed by atoms with Crippen LogP contribution in [0.15, 0.2) is 17.1 Å². The summed E-state index contributed by atoms with van der Waals surface area (Å²) in [7, 11) is 0. The molecule has 1 saturated heterocycles. The molecule has 62 valence electrons. The van der Waals surface area contributed by atoms with Crippen LogP contribution < -0.4 is 5.32 Å². The summed E-state index contributed by atoms with van der Waals surface area (Å²) >= 11 is 1.60. The first-order valence-electron chi connectivity index (χ1n) is 4.03. The van der Waals surface area contributed by atoms with E-state index in [-0.39, 0.29) is 0 Å². The molecule has 1 aromatic rings. The van der Waals surface area contributed by atoms with Crippen molar-refractivity contribution in [3.63, 3.8) is 0 Å². The summed E-state index contributed by atoms with van der Waals surface area (Å²) in [5.74, 6) is 0. The SMILES string of the molecule is C1CCNCC1.c1cscn1. The molecule has 1 aliphatic rings. The van der Waals surface area contributed by atoms with E-state index in [4.69, 9.17) is 0 Å². The van der Waals surface area contributed by atoms with Crippen LogP contribution >= 0.6 is 11.3 Å². The van der Waals surface area contributed by atoms with Gasteiger partial charge in [-0.05, 0) is 25.9 Å². The van der Waals surface area contributed by atoms with Gasteiger partial charge in [-0.3, -0.25) is 4.98 Å². The van der Waals surface area contributed by atoms with E-state index in [2.05, 4.69) is 10.3 Å². The highest BCUT2D eigenvalue weighted by molar-refractivity contribution is 7.07. The van der Waals surface area contributed by atoms with Crippen molar-refractivity contribution in [2.75, 3.05) is 13.1 Å². The van der Waals surface area contributed by atoms with Crippen molar-refractivity contribution < 1.29 is 0 Å². The van der Waals surface area contributed by atoms with E-state index in [0.717, 1.165) is 0 Å². The number of rotatable bonds is 0. The molecule has 0 radical (unpaired) electrons. The number of piperidine rings is 1. The van der Waals surface area contributed by atoms with Crippen molar-refractivity contribution in [3.05, 3.63) is 17.1 Å². The maximum Gasteiger partial charge on any atom is 0.0791 e. The van der Waals surface area contributed by atoms with Gasteiger partial charge in [0.05, 0.1) is 5.51 Å². The molecule has 0 aliphatic carbocycles. The quantitative estimate of drug-likeness (QED) is 0.643. The molecule has 0 amide bonds. The molecule has 1 N–H and O–H groups in total. The molecule has 0 aromatic carbocycles. The molecule has 0 bridgehead atoms. The second-order valence-corrected chi connectivity index (χ2v) is 3.24. The van der Waals surface area contributed by atoms with Gasteiger partial charge in [-0.1, -0.05) is 6.42 Å². The zero-order chi connectivity index (χ0) is 7.78. The summed E-state index contributed by atoms with van der Waals surface area (Å²) in [6.07, 6.45) is 5.98. The molecule has 0 saturated carbocycles. The average molecular weight is 170 g/mol. The summed E-state index contributed by atoms with van der Waals surface area (Å²) < 4.78 is 0. The molecule has 2 heterocycles. The predicted molar refractivity (Wildman–Crippen MR) is 48.8 cm³/mol. The highest BCUT2D eigenvalue weighted by Gasteiger charge is 1.93. The van der Waals surface area contributed by atoms with Crippen LogP contribution in [0.4, 0.5) is 0 Å². The fourth-order valence-electron chi connectivity index (χ4n) is 0.977. The second kappa shape index (κ2) is 6.31. The minimum Gasteiger partial charge on any atom is -0.317 e. The highest BCUT2D eigenvalue weighted by atomic mass is 32.1. The molecule has 0 spiro atoms. The van der Waals surface area contributed by atoms with Crippen molar-refractivity contribution in [2.45, 2.75) is 19.3 Å². The average Bonchev–Trinajstić information content (AvgIpc) is 2.64. The molecule has 1 fully saturated rings. The van der Waals surface area contributed by atoms with Gasteiger partial charge in [0.15, 0.2) is 0 Å². The standard InChI is InChI=1S/C5H11N.C3H3NS/c1-2-4-6-5-3-1;1-2-5-3-4-1/h6H,1-5H2;1-3H. The van der Waals surface area contributed by atoms with E-state index >= 15 is 0 Å². The van der Waals surface area contributed by atoms with E-state index in [1.54, 1.807) is 23.0 Å². The monoisotopic (exact) mass is 170 g/mol. The Morgan fingerprint density at radius 3 is 2.18 bits per heavy atom. The molecule has 1 aliphatic heterocycles. The molecule has 11 heavy (non-hydrogen) atoms. The zero-order valence-corrected chi connectivity index (χ0v) is 7.44. The first kappa shape index (κ1) is 8.68. The lowest BCUT2D eigenvalue weighted by molar-refractivity contribution is 0.520. The summed E-state index contributed by atoms with van der Waals surface area (Å²) in [6, 6.07) is 0. The first-order chi connectivity index (χ1) is 5.50. The van der Waals surface area contributed by atoms with Gasteiger partial charge in [0.1, 0.15) is 0 Å². The molecule has 0 atom stereocenters. The zero-order valence-electron chi connectivity index (χ0n) is 6.62. The summed E-state index contributed by atoms with van der Waals surface area (Å²) in [5.41, 5.74) is 1.79. The lowest BCUT2D eigenvalue weighted by Gasteiger charge is -2.08. The Morgan fingerprint density at radius 1 is 1.18 bits per heavy atom. The number of hydrogen-bond acceptors (Lipinski definition) is 3. The molecule has 2 rings (SSSR count).